The Morgan fingerprint density at radius 1 is 1.20 bits per heavy atom. The second-order valence-corrected chi connectivity index (χ2v) is 4.17. The largest absolute Gasteiger partial charge is 0.486 e. The van der Waals surface area contributed by atoms with Crippen LogP contribution in [-0.2, 0) is 0 Å². The van der Waals surface area contributed by atoms with E-state index in [0.29, 0.717) is 41.7 Å². The SMILES string of the molecule is Nc1cc2c(cc1NC(=O)c1ccnnc1)OCCO2. The summed E-state index contributed by atoms with van der Waals surface area (Å²) in [6.45, 7) is 0.958. The number of benzene rings is 1. The molecule has 0 spiro atoms. The molecule has 0 bridgehead atoms. The minimum absolute atomic E-state index is 0.316. The lowest BCUT2D eigenvalue weighted by atomic mass is 10.2. The Morgan fingerprint density at radius 3 is 2.65 bits per heavy atom. The summed E-state index contributed by atoms with van der Waals surface area (Å²) in [4.78, 5) is 12.0. The lowest BCUT2D eigenvalue weighted by Crippen LogP contribution is -2.17. The van der Waals surface area contributed by atoms with Crippen LogP contribution in [0.1, 0.15) is 10.4 Å². The van der Waals surface area contributed by atoms with Crippen LogP contribution in [0.25, 0.3) is 0 Å². The normalized spacial score (nSPS) is 12.8. The monoisotopic (exact) mass is 272 g/mol. The van der Waals surface area contributed by atoms with Gasteiger partial charge in [0.05, 0.1) is 29.3 Å². The van der Waals surface area contributed by atoms with Gasteiger partial charge in [0.25, 0.3) is 5.91 Å². The molecule has 20 heavy (non-hydrogen) atoms. The van der Waals surface area contributed by atoms with Crippen LogP contribution in [0, 0.1) is 0 Å². The number of rotatable bonds is 2. The molecule has 1 aliphatic heterocycles. The molecule has 1 aromatic carbocycles. The number of nitrogens with one attached hydrogen (secondary N) is 1. The predicted octanol–water partition coefficient (Wildman–Crippen LogP) is 1.08. The second kappa shape index (κ2) is 5.04. The van der Waals surface area contributed by atoms with Crippen molar-refractivity contribution >= 4 is 17.3 Å². The predicted molar refractivity (Wildman–Crippen MR) is 71.8 cm³/mol. The van der Waals surface area contributed by atoms with Gasteiger partial charge >= 0.3 is 0 Å². The fourth-order valence-electron chi connectivity index (χ4n) is 1.83. The first-order valence-corrected chi connectivity index (χ1v) is 6.01. The van der Waals surface area contributed by atoms with Crippen LogP contribution in [0.4, 0.5) is 11.4 Å². The summed E-state index contributed by atoms with van der Waals surface area (Å²) >= 11 is 0. The van der Waals surface area contributed by atoms with E-state index < -0.39 is 0 Å². The molecule has 0 fully saturated rings. The molecule has 0 aliphatic carbocycles. The van der Waals surface area contributed by atoms with Gasteiger partial charge in [0.2, 0.25) is 0 Å². The number of fused-ring (bicyclic) bond motifs is 1. The lowest BCUT2D eigenvalue weighted by molar-refractivity contribution is 0.102. The van der Waals surface area contributed by atoms with Gasteiger partial charge in [-0.3, -0.25) is 4.79 Å². The molecule has 0 radical (unpaired) electrons. The van der Waals surface area contributed by atoms with E-state index in [9.17, 15) is 4.79 Å². The summed E-state index contributed by atoms with van der Waals surface area (Å²) in [5.41, 5.74) is 7.17. The van der Waals surface area contributed by atoms with Gasteiger partial charge in [-0.1, -0.05) is 0 Å². The maximum atomic E-state index is 12.0. The van der Waals surface area contributed by atoms with Gasteiger partial charge in [-0.2, -0.15) is 10.2 Å². The third kappa shape index (κ3) is 2.33. The Bertz CT molecular complexity index is 646. The third-order valence-electron chi connectivity index (χ3n) is 2.81. The van der Waals surface area contributed by atoms with Crippen molar-refractivity contribution in [3.05, 3.63) is 36.2 Å². The summed E-state index contributed by atoms with van der Waals surface area (Å²) < 4.78 is 10.9. The number of nitrogens with zero attached hydrogens (tertiary/aromatic N) is 2. The summed E-state index contributed by atoms with van der Waals surface area (Å²) in [6, 6.07) is 4.85. The first kappa shape index (κ1) is 12.2. The van der Waals surface area contributed by atoms with Gasteiger partial charge in [0.15, 0.2) is 11.5 Å². The molecule has 2 aromatic rings. The van der Waals surface area contributed by atoms with Crippen LogP contribution in [0.15, 0.2) is 30.6 Å². The first-order chi connectivity index (χ1) is 9.74. The zero-order valence-electron chi connectivity index (χ0n) is 10.5. The van der Waals surface area contributed by atoms with Crippen LogP contribution < -0.4 is 20.5 Å². The van der Waals surface area contributed by atoms with Crippen molar-refractivity contribution in [1.82, 2.24) is 10.2 Å². The van der Waals surface area contributed by atoms with Gasteiger partial charge in [-0.25, -0.2) is 0 Å². The highest BCUT2D eigenvalue weighted by atomic mass is 16.6. The van der Waals surface area contributed by atoms with Crippen molar-refractivity contribution in [3.8, 4) is 11.5 Å². The van der Waals surface area contributed by atoms with E-state index in [0.717, 1.165) is 0 Å². The Balaban J connectivity index is 1.86. The molecule has 1 aliphatic rings. The molecule has 7 nitrogen and oxygen atoms in total. The molecule has 7 heteroatoms. The van der Waals surface area contributed by atoms with Crippen molar-refractivity contribution < 1.29 is 14.3 Å². The van der Waals surface area contributed by atoms with Gasteiger partial charge < -0.3 is 20.5 Å². The maximum absolute atomic E-state index is 12.0. The summed E-state index contributed by atoms with van der Waals surface area (Å²) in [5.74, 6) is 0.828. The zero-order chi connectivity index (χ0) is 13.9. The number of amides is 1. The van der Waals surface area contributed by atoms with E-state index in [1.54, 1.807) is 18.2 Å². The number of ether oxygens (including phenoxy) is 2. The first-order valence-electron chi connectivity index (χ1n) is 6.01. The Labute approximate surface area is 114 Å². The Kier molecular flexibility index (Phi) is 3.08. The van der Waals surface area contributed by atoms with Crippen molar-refractivity contribution in [3.63, 3.8) is 0 Å². The van der Waals surface area contributed by atoms with E-state index >= 15 is 0 Å². The number of carbonyl (C=O) groups excluding carboxylic acids is 1. The summed E-state index contributed by atoms with van der Waals surface area (Å²) in [6.07, 6.45) is 2.83. The van der Waals surface area contributed by atoms with Crippen molar-refractivity contribution in [1.29, 1.82) is 0 Å². The Hall–Kier alpha value is -2.83. The van der Waals surface area contributed by atoms with Crippen LogP contribution >= 0.6 is 0 Å². The van der Waals surface area contributed by atoms with E-state index in [2.05, 4.69) is 15.5 Å². The molecule has 3 rings (SSSR count). The lowest BCUT2D eigenvalue weighted by Gasteiger charge is -2.20. The van der Waals surface area contributed by atoms with Crippen molar-refractivity contribution in [2.24, 2.45) is 0 Å². The van der Waals surface area contributed by atoms with Crippen molar-refractivity contribution in [2.45, 2.75) is 0 Å². The van der Waals surface area contributed by atoms with E-state index in [1.165, 1.54) is 12.4 Å². The molecule has 102 valence electrons. The number of aromatic nitrogens is 2. The Morgan fingerprint density at radius 2 is 1.95 bits per heavy atom. The van der Waals surface area contributed by atoms with Crippen LogP contribution in [-0.4, -0.2) is 29.3 Å². The fourth-order valence-corrected chi connectivity index (χ4v) is 1.83. The number of hydrogen-bond acceptors (Lipinski definition) is 6. The number of carbonyl (C=O) groups is 1. The molecular weight excluding hydrogens is 260 g/mol. The highest BCUT2D eigenvalue weighted by Gasteiger charge is 2.16. The molecule has 0 atom stereocenters. The second-order valence-electron chi connectivity index (χ2n) is 4.17. The number of anilines is 2. The molecule has 0 saturated heterocycles. The average molecular weight is 272 g/mol. The number of nitrogens with two attached hydrogens (primary N) is 1. The number of hydrogen-bond donors (Lipinski definition) is 2. The van der Waals surface area contributed by atoms with Gasteiger partial charge in [-0.15, -0.1) is 0 Å². The molecule has 3 N–H and O–H groups in total. The zero-order valence-corrected chi connectivity index (χ0v) is 10.5. The molecule has 0 unspecified atom stereocenters. The molecular formula is C13H12N4O3. The molecule has 0 saturated carbocycles. The van der Waals surface area contributed by atoms with Crippen LogP contribution in [0.3, 0.4) is 0 Å². The van der Waals surface area contributed by atoms with E-state index in [1.807, 2.05) is 0 Å². The summed E-state index contributed by atoms with van der Waals surface area (Å²) in [7, 11) is 0. The maximum Gasteiger partial charge on any atom is 0.257 e. The topological polar surface area (TPSA) is 99.4 Å². The molecule has 2 heterocycles. The molecule has 1 aromatic heterocycles. The number of nitrogen functional groups attached to an aromatic ring is 1. The fraction of sp³-hybridized carbons (Fsp3) is 0.154. The molecule has 1 amide bonds. The quantitative estimate of drug-likeness (QED) is 0.794. The highest BCUT2D eigenvalue weighted by Crippen LogP contribution is 2.37. The summed E-state index contributed by atoms with van der Waals surface area (Å²) in [5, 5.41) is 9.98. The average Bonchev–Trinajstić information content (AvgIpc) is 2.49. The van der Waals surface area contributed by atoms with E-state index in [-0.39, 0.29) is 5.91 Å². The van der Waals surface area contributed by atoms with Crippen molar-refractivity contribution in [2.75, 3.05) is 24.3 Å². The highest BCUT2D eigenvalue weighted by molar-refractivity contribution is 6.05. The minimum Gasteiger partial charge on any atom is -0.486 e. The van der Waals surface area contributed by atoms with E-state index in [4.69, 9.17) is 15.2 Å². The van der Waals surface area contributed by atoms with Gasteiger partial charge in [0.1, 0.15) is 13.2 Å². The van der Waals surface area contributed by atoms with Gasteiger partial charge in [0, 0.05) is 12.1 Å². The standard InChI is InChI=1S/C13H12N4O3/c14-9-5-11-12(20-4-3-19-11)6-10(9)17-13(18)8-1-2-15-16-7-8/h1-2,5-7H,3-4,14H2,(H,17,18). The smallest absolute Gasteiger partial charge is 0.257 e. The minimum atomic E-state index is -0.316. The third-order valence-corrected chi connectivity index (χ3v) is 2.81. The van der Waals surface area contributed by atoms with Crippen LogP contribution in [0.5, 0.6) is 11.5 Å². The van der Waals surface area contributed by atoms with Gasteiger partial charge in [-0.05, 0) is 6.07 Å². The van der Waals surface area contributed by atoms with Crippen LogP contribution in [0.2, 0.25) is 0 Å².